The number of amides is 2. The normalized spacial score (nSPS) is 15.5. The van der Waals surface area contributed by atoms with E-state index in [-0.39, 0.29) is 10.4 Å². The molecule has 8 nitrogen and oxygen atoms in total. The summed E-state index contributed by atoms with van der Waals surface area (Å²) in [4.78, 5) is 24.3. The third-order valence-corrected chi connectivity index (χ3v) is 6.43. The molecule has 10 heteroatoms. The first kappa shape index (κ1) is 24.1. The van der Waals surface area contributed by atoms with Crippen LogP contribution in [0.3, 0.4) is 0 Å². The van der Waals surface area contributed by atoms with Crippen LogP contribution in [-0.2, 0) is 23.2 Å². The van der Waals surface area contributed by atoms with Crippen molar-refractivity contribution in [2.45, 2.75) is 45.2 Å². The van der Waals surface area contributed by atoms with Gasteiger partial charge in [0.2, 0.25) is 0 Å². The summed E-state index contributed by atoms with van der Waals surface area (Å²) in [5.74, 6) is -0.423. The van der Waals surface area contributed by atoms with Crippen LogP contribution in [0, 0.1) is 0 Å². The van der Waals surface area contributed by atoms with Crippen LogP contribution < -0.4 is 16.0 Å². The number of anilines is 2. The molecule has 1 aromatic heterocycles. The first-order valence-electron chi connectivity index (χ1n) is 10.7. The lowest BCUT2D eigenvalue weighted by molar-refractivity contribution is -0.139. The van der Waals surface area contributed by atoms with Crippen molar-refractivity contribution in [1.82, 2.24) is 15.1 Å². The molecule has 2 aromatic carbocycles. The number of carboxylic acid groups (broad SMARTS) is 1. The van der Waals surface area contributed by atoms with E-state index < -0.39 is 18.0 Å². The highest BCUT2D eigenvalue weighted by Gasteiger charge is 2.25. The molecule has 0 spiro atoms. The van der Waals surface area contributed by atoms with Gasteiger partial charge in [0.1, 0.15) is 11.9 Å². The number of fused-ring (bicyclic) bond motifs is 1. The van der Waals surface area contributed by atoms with E-state index >= 15 is 0 Å². The van der Waals surface area contributed by atoms with Gasteiger partial charge >= 0.3 is 12.0 Å². The van der Waals surface area contributed by atoms with E-state index in [1.54, 1.807) is 22.9 Å². The van der Waals surface area contributed by atoms with E-state index in [1.807, 2.05) is 45.0 Å². The summed E-state index contributed by atoms with van der Waals surface area (Å²) in [6, 6.07) is 11.4. The Balaban J connectivity index is 1.66. The smallest absolute Gasteiger partial charge is 0.324 e. The molecule has 0 saturated carbocycles. The molecular formula is C24H25Cl2N5O3. The largest absolute Gasteiger partial charge is 0.480 e. The van der Waals surface area contributed by atoms with E-state index in [2.05, 4.69) is 16.0 Å². The van der Waals surface area contributed by atoms with E-state index in [0.717, 1.165) is 22.5 Å². The van der Waals surface area contributed by atoms with E-state index in [0.29, 0.717) is 29.5 Å². The third-order valence-electron chi connectivity index (χ3n) is 5.61. The van der Waals surface area contributed by atoms with Crippen LogP contribution in [0.15, 0.2) is 42.5 Å². The first-order valence-corrected chi connectivity index (χ1v) is 11.5. The number of rotatable bonds is 4. The zero-order valence-corrected chi connectivity index (χ0v) is 20.5. The van der Waals surface area contributed by atoms with Gasteiger partial charge in [-0.1, -0.05) is 56.1 Å². The van der Waals surface area contributed by atoms with Crippen molar-refractivity contribution in [2.24, 2.45) is 0 Å². The predicted molar refractivity (Wildman–Crippen MR) is 133 cm³/mol. The molecule has 3 aromatic rings. The quantitative estimate of drug-likeness (QED) is 0.391. The van der Waals surface area contributed by atoms with Crippen LogP contribution in [0.2, 0.25) is 10.0 Å². The molecule has 34 heavy (non-hydrogen) atoms. The number of halogens is 2. The number of benzene rings is 2. The van der Waals surface area contributed by atoms with Crippen LogP contribution in [-0.4, -0.2) is 32.9 Å². The second kappa shape index (κ2) is 9.29. The molecule has 1 aliphatic rings. The zero-order chi connectivity index (χ0) is 24.6. The second-order valence-corrected chi connectivity index (χ2v) is 9.97. The zero-order valence-electron chi connectivity index (χ0n) is 18.9. The molecule has 4 rings (SSSR count). The maximum Gasteiger partial charge on any atom is 0.324 e. The Morgan fingerprint density at radius 2 is 1.88 bits per heavy atom. The van der Waals surface area contributed by atoms with E-state index in [9.17, 15) is 14.7 Å². The molecule has 4 N–H and O–H groups in total. The molecule has 178 valence electrons. The third kappa shape index (κ3) is 5.04. The van der Waals surface area contributed by atoms with Gasteiger partial charge in [-0.3, -0.25) is 10.1 Å². The highest BCUT2D eigenvalue weighted by atomic mass is 35.5. The lowest BCUT2D eigenvalue weighted by Gasteiger charge is -2.24. The molecular weight excluding hydrogens is 477 g/mol. The van der Waals surface area contributed by atoms with Gasteiger partial charge in [0.05, 0.1) is 27.1 Å². The van der Waals surface area contributed by atoms with Crippen LogP contribution in [0.4, 0.5) is 16.3 Å². The maximum absolute atomic E-state index is 12.8. The van der Waals surface area contributed by atoms with Crippen molar-refractivity contribution in [1.29, 1.82) is 0 Å². The topological polar surface area (TPSA) is 108 Å². The summed E-state index contributed by atoms with van der Waals surface area (Å²) >= 11 is 12.2. The summed E-state index contributed by atoms with van der Waals surface area (Å²) in [5, 5.41) is 23.3. The molecule has 0 bridgehead atoms. The van der Waals surface area contributed by atoms with Crippen molar-refractivity contribution < 1.29 is 14.7 Å². The van der Waals surface area contributed by atoms with Crippen LogP contribution in [0.5, 0.6) is 0 Å². The van der Waals surface area contributed by atoms with Crippen LogP contribution in [0.1, 0.15) is 37.6 Å². The Morgan fingerprint density at radius 1 is 1.12 bits per heavy atom. The van der Waals surface area contributed by atoms with Gasteiger partial charge in [-0.15, -0.1) is 0 Å². The summed E-state index contributed by atoms with van der Waals surface area (Å²) < 4.78 is 1.65. The Labute approximate surface area is 207 Å². The summed E-state index contributed by atoms with van der Waals surface area (Å²) in [6.07, 6.45) is 0.364. The number of aromatic nitrogens is 2. The monoisotopic (exact) mass is 501 g/mol. The van der Waals surface area contributed by atoms with Gasteiger partial charge in [0, 0.05) is 18.0 Å². The van der Waals surface area contributed by atoms with Crippen molar-refractivity contribution in [3.63, 3.8) is 0 Å². The fourth-order valence-corrected chi connectivity index (χ4v) is 4.06. The molecule has 1 aliphatic heterocycles. The SMILES string of the molecule is CC(C)(C)c1cc(NC(=O)Nc2cccc(Cl)c2Cl)n(-c2ccc3c(c2)C[C@@H](C(=O)O)NC3)n1. The number of aliphatic carboxylic acids is 1. The van der Waals surface area contributed by atoms with Gasteiger partial charge in [-0.05, 0) is 41.8 Å². The molecule has 0 radical (unpaired) electrons. The van der Waals surface area contributed by atoms with Gasteiger partial charge < -0.3 is 15.7 Å². The predicted octanol–water partition coefficient (Wildman–Crippen LogP) is 5.22. The van der Waals surface area contributed by atoms with Crippen molar-refractivity contribution >= 4 is 46.7 Å². The molecule has 0 aliphatic carbocycles. The Morgan fingerprint density at radius 3 is 2.59 bits per heavy atom. The maximum atomic E-state index is 12.8. The highest BCUT2D eigenvalue weighted by molar-refractivity contribution is 6.44. The van der Waals surface area contributed by atoms with E-state index in [1.165, 1.54) is 0 Å². The Kier molecular flexibility index (Phi) is 6.58. The Hall–Kier alpha value is -3.07. The molecule has 0 unspecified atom stereocenters. The summed E-state index contributed by atoms with van der Waals surface area (Å²) in [6.45, 7) is 6.58. The van der Waals surface area contributed by atoms with Crippen LogP contribution in [0.25, 0.3) is 5.69 Å². The number of carbonyl (C=O) groups is 2. The second-order valence-electron chi connectivity index (χ2n) is 9.19. The molecule has 2 amide bonds. The number of carboxylic acids is 1. The fourth-order valence-electron chi connectivity index (χ4n) is 3.71. The van der Waals surface area contributed by atoms with Gasteiger partial charge in [0.25, 0.3) is 0 Å². The van der Waals surface area contributed by atoms with Crippen molar-refractivity contribution in [3.8, 4) is 5.69 Å². The number of hydrogen-bond donors (Lipinski definition) is 4. The lowest BCUT2D eigenvalue weighted by atomic mass is 9.92. The van der Waals surface area contributed by atoms with Crippen LogP contribution >= 0.6 is 23.2 Å². The summed E-state index contributed by atoms with van der Waals surface area (Å²) in [7, 11) is 0. The van der Waals surface area contributed by atoms with E-state index in [4.69, 9.17) is 28.3 Å². The van der Waals surface area contributed by atoms with Gasteiger partial charge in [-0.25, -0.2) is 9.48 Å². The number of carbonyl (C=O) groups excluding carboxylic acids is 1. The molecule has 0 fully saturated rings. The minimum atomic E-state index is -0.885. The number of hydrogen-bond acceptors (Lipinski definition) is 4. The lowest BCUT2D eigenvalue weighted by Crippen LogP contribution is -2.41. The van der Waals surface area contributed by atoms with Gasteiger partial charge in [0.15, 0.2) is 0 Å². The fraction of sp³-hybridized carbons (Fsp3) is 0.292. The average Bonchev–Trinajstić information content (AvgIpc) is 3.20. The van der Waals surface area contributed by atoms with Gasteiger partial charge in [-0.2, -0.15) is 5.10 Å². The minimum Gasteiger partial charge on any atom is -0.480 e. The Bertz CT molecular complexity index is 1270. The average molecular weight is 502 g/mol. The van der Waals surface area contributed by atoms with Crippen molar-refractivity contribution in [3.05, 3.63) is 69.3 Å². The molecule has 2 heterocycles. The molecule has 0 saturated heterocycles. The minimum absolute atomic E-state index is 0.250. The highest BCUT2D eigenvalue weighted by Crippen LogP contribution is 2.31. The standard InChI is InChI=1S/C24H25Cl2N5O3/c1-24(2,3)19-11-20(29-23(34)28-17-6-4-5-16(25)21(17)26)31(30-19)15-8-7-13-12-27-18(22(32)33)10-14(13)9-15/h4-9,11,18,27H,10,12H2,1-3H3,(H,32,33)(H2,28,29,34)/t18-/m0/s1. The summed E-state index contributed by atoms with van der Waals surface area (Å²) in [5.41, 5.74) is 3.59. The first-order chi connectivity index (χ1) is 16.0. The number of nitrogens with zero attached hydrogens (tertiary/aromatic N) is 2. The molecule has 1 atom stereocenters. The number of nitrogens with one attached hydrogen (secondary N) is 3. The van der Waals surface area contributed by atoms with Crippen molar-refractivity contribution in [2.75, 3.05) is 10.6 Å². The number of urea groups is 1.